The van der Waals surface area contributed by atoms with Crippen LogP contribution in [0.4, 0.5) is 4.79 Å². The first-order valence-electron chi connectivity index (χ1n) is 6.93. The number of nitrogens with one attached hydrogen (secondary N) is 2. The summed E-state index contributed by atoms with van der Waals surface area (Å²) in [6, 6.07) is 0.289. The Morgan fingerprint density at radius 2 is 2.20 bits per heavy atom. The number of aromatic nitrogens is 1. The summed E-state index contributed by atoms with van der Waals surface area (Å²) in [7, 11) is 0. The summed E-state index contributed by atoms with van der Waals surface area (Å²) in [4.78, 5) is 17.0. The average Bonchev–Trinajstić information content (AvgIpc) is 2.85. The van der Waals surface area contributed by atoms with Crippen molar-refractivity contribution in [3.05, 3.63) is 16.6 Å². The fraction of sp³-hybridized carbons (Fsp3) is 0.714. The van der Waals surface area contributed by atoms with E-state index in [0.29, 0.717) is 6.54 Å². The van der Waals surface area contributed by atoms with Gasteiger partial charge in [0.25, 0.3) is 0 Å². The molecule has 0 aliphatic carbocycles. The third-order valence-corrected chi connectivity index (χ3v) is 3.72. The Hall–Kier alpha value is -1.14. The van der Waals surface area contributed by atoms with E-state index in [9.17, 15) is 4.79 Å². The predicted octanol–water partition coefficient (Wildman–Crippen LogP) is 3.10. The van der Waals surface area contributed by atoms with Crippen LogP contribution in [0.15, 0.2) is 11.7 Å². The third kappa shape index (κ3) is 6.34. The SMILES string of the molecule is CCC(CNC(C)c1cncs1)NC(=O)OC(C)(C)C. The van der Waals surface area contributed by atoms with E-state index in [1.165, 1.54) is 4.88 Å². The van der Waals surface area contributed by atoms with Crippen molar-refractivity contribution in [2.45, 2.75) is 58.7 Å². The molecule has 0 radical (unpaired) electrons. The Morgan fingerprint density at radius 1 is 1.50 bits per heavy atom. The lowest BCUT2D eigenvalue weighted by Gasteiger charge is -2.24. The fourth-order valence-electron chi connectivity index (χ4n) is 1.63. The maximum absolute atomic E-state index is 11.7. The molecule has 1 aromatic rings. The smallest absolute Gasteiger partial charge is 0.407 e. The van der Waals surface area contributed by atoms with E-state index >= 15 is 0 Å². The maximum atomic E-state index is 11.7. The van der Waals surface area contributed by atoms with E-state index in [0.717, 1.165) is 6.42 Å². The Bertz CT molecular complexity index is 401. The lowest BCUT2D eigenvalue weighted by molar-refractivity contribution is 0.0502. The van der Waals surface area contributed by atoms with Crippen molar-refractivity contribution < 1.29 is 9.53 Å². The van der Waals surface area contributed by atoms with Crippen LogP contribution in [0.25, 0.3) is 0 Å². The number of rotatable bonds is 6. The molecule has 2 atom stereocenters. The zero-order valence-electron chi connectivity index (χ0n) is 12.9. The average molecular weight is 299 g/mol. The number of hydrogen-bond acceptors (Lipinski definition) is 5. The van der Waals surface area contributed by atoms with Crippen LogP contribution in [0.3, 0.4) is 0 Å². The molecule has 5 nitrogen and oxygen atoms in total. The van der Waals surface area contributed by atoms with Gasteiger partial charge in [-0.05, 0) is 34.1 Å². The lowest BCUT2D eigenvalue weighted by Crippen LogP contribution is -2.44. The first kappa shape index (κ1) is 16.9. The quantitative estimate of drug-likeness (QED) is 0.847. The molecule has 0 aliphatic heterocycles. The molecule has 0 saturated carbocycles. The first-order valence-corrected chi connectivity index (χ1v) is 7.81. The van der Waals surface area contributed by atoms with Crippen molar-refractivity contribution in [3.8, 4) is 0 Å². The molecule has 0 fully saturated rings. The summed E-state index contributed by atoms with van der Waals surface area (Å²) in [6.45, 7) is 10.4. The molecule has 0 aliphatic rings. The van der Waals surface area contributed by atoms with E-state index in [2.05, 4.69) is 22.5 Å². The minimum absolute atomic E-state index is 0.0558. The lowest BCUT2D eigenvalue weighted by atomic mass is 10.2. The highest BCUT2D eigenvalue weighted by atomic mass is 32.1. The number of carbonyl (C=O) groups excluding carboxylic acids is 1. The Morgan fingerprint density at radius 3 is 2.70 bits per heavy atom. The topological polar surface area (TPSA) is 63.2 Å². The summed E-state index contributed by atoms with van der Waals surface area (Å²) < 4.78 is 5.26. The van der Waals surface area contributed by atoms with E-state index in [1.54, 1.807) is 11.3 Å². The van der Waals surface area contributed by atoms with Gasteiger partial charge in [0.15, 0.2) is 0 Å². The van der Waals surface area contributed by atoms with Crippen molar-refractivity contribution in [1.82, 2.24) is 15.6 Å². The molecule has 0 bridgehead atoms. The highest BCUT2D eigenvalue weighted by molar-refractivity contribution is 7.09. The second kappa shape index (κ2) is 7.59. The summed E-state index contributed by atoms with van der Waals surface area (Å²) in [5.74, 6) is 0. The van der Waals surface area contributed by atoms with Crippen LogP contribution >= 0.6 is 11.3 Å². The molecule has 2 unspecified atom stereocenters. The molecule has 1 amide bonds. The first-order chi connectivity index (χ1) is 9.31. The van der Waals surface area contributed by atoms with Gasteiger partial charge in [-0.2, -0.15) is 0 Å². The largest absolute Gasteiger partial charge is 0.444 e. The molecule has 1 aromatic heterocycles. The number of ether oxygens (including phenoxy) is 1. The Kier molecular flexibility index (Phi) is 6.42. The molecular weight excluding hydrogens is 274 g/mol. The summed E-state index contributed by atoms with van der Waals surface area (Å²) >= 11 is 1.63. The van der Waals surface area contributed by atoms with E-state index < -0.39 is 5.60 Å². The normalized spacial score (nSPS) is 14.7. The van der Waals surface area contributed by atoms with E-state index in [4.69, 9.17) is 4.74 Å². The van der Waals surface area contributed by atoms with E-state index in [1.807, 2.05) is 39.4 Å². The second-order valence-corrected chi connectivity index (χ2v) is 6.70. The number of alkyl carbamates (subject to hydrolysis) is 1. The van der Waals surface area contributed by atoms with Crippen molar-refractivity contribution in [2.75, 3.05) is 6.54 Å². The Labute approximate surface area is 125 Å². The molecule has 114 valence electrons. The number of thiazole rings is 1. The monoisotopic (exact) mass is 299 g/mol. The number of carbonyl (C=O) groups is 1. The van der Waals surface area contributed by atoms with Gasteiger partial charge in [-0.1, -0.05) is 6.92 Å². The van der Waals surface area contributed by atoms with Gasteiger partial charge in [0.2, 0.25) is 0 Å². The molecule has 20 heavy (non-hydrogen) atoms. The molecule has 6 heteroatoms. The predicted molar refractivity (Wildman–Crippen MR) is 82.0 cm³/mol. The third-order valence-electron chi connectivity index (χ3n) is 2.76. The van der Waals surface area contributed by atoms with Crippen molar-refractivity contribution in [1.29, 1.82) is 0 Å². The maximum Gasteiger partial charge on any atom is 0.407 e. The van der Waals surface area contributed by atoms with Gasteiger partial charge in [0, 0.05) is 29.7 Å². The molecule has 1 rings (SSSR count). The molecule has 0 spiro atoms. The van der Waals surface area contributed by atoms with Gasteiger partial charge >= 0.3 is 6.09 Å². The minimum Gasteiger partial charge on any atom is -0.444 e. The minimum atomic E-state index is -0.467. The van der Waals surface area contributed by atoms with E-state index in [-0.39, 0.29) is 18.2 Å². The fourth-order valence-corrected chi connectivity index (χ4v) is 2.28. The standard InChI is InChI=1S/C14H25N3O2S/c1-6-11(17-13(18)19-14(3,4)5)7-16-10(2)12-8-15-9-20-12/h8-11,16H,6-7H2,1-5H3,(H,17,18). The van der Waals surface area contributed by atoms with Gasteiger partial charge in [-0.25, -0.2) is 4.79 Å². The van der Waals surface area contributed by atoms with Gasteiger partial charge in [-0.3, -0.25) is 4.98 Å². The van der Waals surface area contributed by atoms with Crippen molar-refractivity contribution in [3.63, 3.8) is 0 Å². The molecule has 2 N–H and O–H groups in total. The van der Waals surface area contributed by atoms with Gasteiger partial charge < -0.3 is 15.4 Å². The van der Waals surface area contributed by atoms with Crippen molar-refractivity contribution >= 4 is 17.4 Å². The van der Waals surface area contributed by atoms with Crippen LogP contribution in [0.2, 0.25) is 0 Å². The van der Waals surface area contributed by atoms with Crippen LogP contribution < -0.4 is 10.6 Å². The second-order valence-electron chi connectivity index (χ2n) is 5.79. The number of nitrogens with zero attached hydrogens (tertiary/aromatic N) is 1. The van der Waals surface area contributed by atoms with Crippen LogP contribution in [0, 0.1) is 0 Å². The van der Waals surface area contributed by atoms with Crippen molar-refractivity contribution in [2.24, 2.45) is 0 Å². The Balaban J connectivity index is 2.38. The summed E-state index contributed by atoms with van der Waals surface area (Å²) in [5.41, 5.74) is 1.36. The number of hydrogen-bond donors (Lipinski definition) is 2. The zero-order valence-corrected chi connectivity index (χ0v) is 13.7. The van der Waals surface area contributed by atoms with Crippen LogP contribution in [0.1, 0.15) is 52.0 Å². The van der Waals surface area contributed by atoms with Crippen LogP contribution in [-0.4, -0.2) is 29.3 Å². The molecule has 0 saturated heterocycles. The highest BCUT2D eigenvalue weighted by Gasteiger charge is 2.19. The molecular formula is C14H25N3O2S. The summed E-state index contributed by atoms with van der Waals surface area (Å²) in [6.07, 6.45) is 2.35. The van der Waals surface area contributed by atoms with Gasteiger partial charge in [-0.15, -0.1) is 11.3 Å². The zero-order chi connectivity index (χ0) is 15.2. The summed E-state index contributed by atoms with van der Waals surface area (Å²) in [5, 5.41) is 6.29. The van der Waals surface area contributed by atoms with Crippen LogP contribution in [-0.2, 0) is 4.74 Å². The van der Waals surface area contributed by atoms with Crippen LogP contribution in [0.5, 0.6) is 0 Å². The van der Waals surface area contributed by atoms with Gasteiger partial charge in [0.1, 0.15) is 5.60 Å². The van der Waals surface area contributed by atoms with Gasteiger partial charge in [0.05, 0.1) is 5.51 Å². The molecule has 1 heterocycles. The molecule has 0 aromatic carbocycles. The highest BCUT2D eigenvalue weighted by Crippen LogP contribution is 2.16. The number of amides is 1.